The van der Waals surface area contributed by atoms with Gasteiger partial charge in [0.1, 0.15) is 17.6 Å². The average Bonchev–Trinajstić information content (AvgIpc) is 3.62. The van der Waals surface area contributed by atoms with Gasteiger partial charge in [0.15, 0.2) is 5.82 Å². The number of rotatable bonds is 6. The summed E-state index contributed by atoms with van der Waals surface area (Å²) in [5.74, 6) is 1.14. The standard InChI is InChI=1S/C27H30FN7O2/c1-37-20-11-10-18-16-21(27(36)29-23(18)17-20)25(26-30-31-32-35(26)19-6-2-3-7-19)34-14-12-33(13-15-34)24-9-5-4-8-22(24)28/h4-5,8-11,16-17,19,25H,2-3,6-7,12-15H2,1H3,(H,29,36)/t25-/m0/s1. The van der Waals surface area contributed by atoms with Crippen molar-refractivity contribution in [3.05, 3.63) is 76.1 Å². The van der Waals surface area contributed by atoms with Crippen LogP contribution in [0.15, 0.2) is 53.3 Å². The minimum absolute atomic E-state index is 0.178. The molecule has 1 aliphatic heterocycles. The first kappa shape index (κ1) is 23.6. The predicted octanol–water partition coefficient (Wildman–Crippen LogP) is 3.69. The minimum atomic E-state index is -0.423. The van der Waals surface area contributed by atoms with Crippen molar-refractivity contribution < 1.29 is 9.13 Å². The molecule has 37 heavy (non-hydrogen) atoms. The highest BCUT2D eigenvalue weighted by atomic mass is 19.1. The average molecular weight is 504 g/mol. The molecule has 2 aromatic carbocycles. The van der Waals surface area contributed by atoms with Crippen molar-refractivity contribution in [2.45, 2.75) is 37.8 Å². The molecule has 6 rings (SSSR count). The van der Waals surface area contributed by atoms with Crippen LogP contribution in [0, 0.1) is 5.82 Å². The van der Waals surface area contributed by atoms with Crippen molar-refractivity contribution in [2.75, 3.05) is 38.2 Å². The number of methoxy groups -OCH3 is 1. The van der Waals surface area contributed by atoms with E-state index in [2.05, 4.69) is 30.3 Å². The van der Waals surface area contributed by atoms with E-state index in [-0.39, 0.29) is 17.4 Å². The second kappa shape index (κ2) is 9.93. The summed E-state index contributed by atoms with van der Waals surface area (Å²) in [6.45, 7) is 2.53. The van der Waals surface area contributed by atoms with Gasteiger partial charge < -0.3 is 14.6 Å². The highest BCUT2D eigenvalue weighted by molar-refractivity contribution is 5.80. The van der Waals surface area contributed by atoms with Gasteiger partial charge in [0.25, 0.3) is 5.56 Å². The minimum Gasteiger partial charge on any atom is -0.497 e. The fraction of sp³-hybridized carbons (Fsp3) is 0.407. The molecular formula is C27H30FN7O2. The van der Waals surface area contributed by atoms with Crippen LogP contribution in [0.1, 0.15) is 49.2 Å². The molecule has 1 saturated heterocycles. The first-order valence-electron chi connectivity index (χ1n) is 12.8. The highest BCUT2D eigenvalue weighted by Crippen LogP contribution is 2.35. The molecule has 0 unspecified atom stereocenters. The third kappa shape index (κ3) is 4.46. The van der Waals surface area contributed by atoms with Crippen LogP contribution in [0.2, 0.25) is 0 Å². The molecule has 0 bridgehead atoms. The highest BCUT2D eigenvalue weighted by Gasteiger charge is 2.35. The number of tetrazole rings is 1. The number of fused-ring (bicyclic) bond motifs is 1. The Balaban J connectivity index is 1.39. The largest absolute Gasteiger partial charge is 0.497 e. The van der Waals surface area contributed by atoms with E-state index in [4.69, 9.17) is 4.74 Å². The van der Waals surface area contributed by atoms with Gasteiger partial charge in [0.2, 0.25) is 0 Å². The molecule has 4 aromatic rings. The van der Waals surface area contributed by atoms with E-state index in [9.17, 15) is 9.18 Å². The summed E-state index contributed by atoms with van der Waals surface area (Å²) in [5, 5.41) is 13.8. The van der Waals surface area contributed by atoms with Crippen molar-refractivity contribution in [3.8, 4) is 5.75 Å². The fourth-order valence-electron chi connectivity index (χ4n) is 5.74. The van der Waals surface area contributed by atoms with Crippen molar-refractivity contribution in [2.24, 2.45) is 0 Å². The molecule has 1 saturated carbocycles. The summed E-state index contributed by atoms with van der Waals surface area (Å²) in [6.07, 6.45) is 4.35. The van der Waals surface area contributed by atoms with E-state index < -0.39 is 6.04 Å². The van der Waals surface area contributed by atoms with Crippen molar-refractivity contribution in [1.29, 1.82) is 0 Å². The zero-order valence-corrected chi connectivity index (χ0v) is 20.8. The van der Waals surface area contributed by atoms with Crippen molar-refractivity contribution in [1.82, 2.24) is 30.1 Å². The number of aromatic amines is 1. The number of hydrogen-bond donors (Lipinski definition) is 1. The summed E-state index contributed by atoms with van der Waals surface area (Å²) >= 11 is 0. The van der Waals surface area contributed by atoms with Gasteiger partial charge in [0, 0.05) is 37.8 Å². The lowest BCUT2D eigenvalue weighted by molar-refractivity contribution is 0.196. The number of pyridine rings is 1. The van der Waals surface area contributed by atoms with Crippen molar-refractivity contribution in [3.63, 3.8) is 0 Å². The lowest BCUT2D eigenvalue weighted by Gasteiger charge is -2.39. The molecule has 1 N–H and O–H groups in total. The molecule has 9 nitrogen and oxygen atoms in total. The number of H-pyrrole nitrogens is 1. The molecule has 3 heterocycles. The maximum Gasteiger partial charge on any atom is 0.253 e. The smallest absolute Gasteiger partial charge is 0.253 e. The number of ether oxygens (including phenoxy) is 1. The van der Waals surface area contributed by atoms with Gasteiger partial charge in [0.05, 0.1) is 24.4 Å². The number of nitrogens with zero attached hydrogens (tertiary/aromatic N) is 6. The first-order valence-corrected chi connectivity index (χ1v) is 12.8. The molecular weight excluding hydrogens is 473 g/mol. The lowest BCUT2D eigenvalue weighted by atomic mass is 10.0. The van der Waals surface area contributed by atoms with Gasteiger partial charge in [-0.25, -0.2) is 9.07 Å². The summed E-state index contributed by atoms with van der Waals surface area (Å²) in [7, 11) is 1.60. The number of aromatic nitrogens is 5. The molecule has 2 aromatic heterocycles. The van der Waals surface area contributed by atoms with Gasteiger partial charge >= 0.3 is 0 Å². The Labute approximate surface area is 213 Å². The summed E-state index contributed by atoms with van der Waals surface area (Å²) < 4.78 is 21.7. The Hall–Kier alpha value is -3.79. The second-order valence-electron chi connectivity index (χ2n) is 9.80. The quantitative estimate of drug-likeness (QED) is 0.429. The Morgan fingerprint density at radius 3 is 2.59 bits per heavy atom. The van der Waals surface area contributed by atoms with Gasteiger partial charge in [-0.05, 0) is 59.0 Å². The van der Waals surface area contributed by atoms with E-state index in [1.54, 1.807) is 13.2 Å². The van der Waals surface area contributed by atoms with E-state index in [1.165, 1.54) is 6.07 Å². The molecule has 192 valence electrons. The van der Waals surface area contributed by atoms with Crippen LogP contribution in [-0.2, 0) is 0 Å². The third-order valence-corrected chi connectivity index (χ3v) is 7.68. The number of benzene rings is 2. The van der Waals surface area contributed by atoms with Gasteiger partial charge in [-0.15, -0.1) is 5.10 Å². The number of anilines is 1. The predicted molar refractivity (Wildman–Crippen MR) is 138 cm³/mol. The number of nitrogens with one attached hydrogen (secondary N) is 1. The van der Waals surface area contributed by atoms with Gasteiger partial charge in [-0.3, -0.25) is 9.69 Å². The zero-order valence-electron chi connectivity index (χ0n) is 20.8. The monoisotopic (exact) mass is 503 g/mol. The molecule has 2 aliphatic rings. The maximum absolute atomic E-state index is 14.5. The van der Waals surface area contributed by atoms with Crippen LogP contribution < -0.4 is 15.2 Å². The fourth-order valence-corrected chi connectivity index (χ4v) is 5.74. The number of para-hydroxylation sites is 1. The van der Waals surface area contributed by atoms with Crippen LogP contribution in [0.25, 0.3) is 10.9 Å². The number of piperazine rings is 1. The Kier molecular flexibility index (Phi) is 6.33. The van der Waals surface area contributed by atoms with Crippen LogP contribution in [0.5, 0.6) is 5.75 Å². The first-order chi connectivity index (χ1) is 18.1. The van der Waals surface area contributed by atoms with E-state index >= 15 is 0 Å². The van der Waals surface area contributed by atoms with Crippen LogP contribution in [-0.4, -0.2) is 63.4 Å². The Morgan fingerprint density at radius 1 is 1.05 bits per heavy atom. The molecule has 1 aliphatic carbocycles. The number of halogens is 1. The van der Waals surface area contributed by atoms with Crippen LogP contribution in [0.4, 0.5) is 10.1 Å². The van der Waals surface area contributed by atoms with E-state index in [0.717, 1.165) is 31.1 Å². The van der Waals surface area contributed by atoms with E-state index in [0.29, 0.717) is 54.5 Å². The molecule has 0 radical (unpaired) electrons. The SMILES string of the molecule is COc1ccc2cc([C@@H](c3nnnn3C3CCCC3)N3CCN(c4ccccc4F)CC3)c(=O)[nH]c2c1. The number of hydrogen-bond acceptors (Lipinski definition) is 7. The second-order valence-corrected chi connectivity index (χ2v) is 9.80. The van der Waals surface area contributed by atoms with E-state index in [1.807, 2.05) is 41.1 Å². The Morgan fingerprint density at radius 2 is 1.84 bits per heavy atom. The van der Waals surface area contributed by atoms with Crippen molar-refractivity contribution >= 4 is 16.6 Å². The molecule has 1 atom stereocenters. The summed E-state index contributed by atoms with van der Waals surface area (Å²) in [6, 6.07) is 14.3. The third-order valence-electron chi connectivity index (χ3n) is 7.68. The van der Waals surface area contributed by atoms with Gasteiger partial charge in [-0.1, -0.05) is 25.0 Å². The van der Waals surface area contributed by atoms with Crippen LogP contribution in [0.3, 0.4) is 0 Å². The lowest BCUT2D eigenvalue weighted by Crippen LogP contribution is -2.49. The summed E-state index contributed by atoms with van der Waals surface area (Å²) in [4.78, 5) is 20.9. The Bertz CT molecular complexity index is 1450. The van der Waals surface area contributed by atoms with Crippen LogP contribution >= 0.6 is 0 Å². The zero-order chi connectivity index (χ0) is 25.4. The molecule has 0 amide bonds. The normalized spacial score (nSPS) is 17.9. The van der Waals surface area contributed by atoms with Gasteiger partial charge in [-0.2, -0.15) is 0 Å². The summed E-state index contributed by atoms with van der Waals surface area (Å²) in [5.41, 5.74) is 1.74. The topological polar surface area (TPSA) is 92.2 Å². The molecule has 0 spiro atoms. The molecule has 2 fully saturated rings. The molecule has 10 heteroatoms. The maximum atomic E-state index is 14.5.